The lowest BCUT2D eigenvalue weighted by Crippen LogP contribution is -2.48. The minimum atomic E-state index is -3.70. The molecule has 0 radical (unpaired) electrons. The van der Waals surface area contributed by atoms with Gasteiger partial charge in [0.05, 0.1) is 13.2 Å². The number of nitrogen functional groups attached to an aromatic ring is 1. The summed E-state index contributed by atoms with van der Waals surface area (Å²) in [7, 11) is -3.70. The number of morpholine rings is 1. The number of nitrogens with two attached hydrogens (primary N) is 1. The van der Waals surface area contributed by atoms with Gasteiger partial charge < -0.3 is 10.2 Å². The van der Waals surface area contributed by atoms with Gasteiger partial charge in [-0.2, -0.15) is 9.29 Å². The van der Waals surface area contributed by atoms with E-state index in [-0.39, 0.29) is 16.9 Å². The number of thiazole rings is 1. The second kappa shape index (κ2) is 5.54. The molecule has 0 saturated carbocycles. The highest BCUT2D eigenvalue weighted by atomic mass is 32.2. The lowest BCUT2D eigenvalue weighted by atomic mass is 10.2. The zero-order valence-electron chi connectivity index (χ0n) is 11.5. The number of sulfonamides is 1. The van der Waals surface area contributed by atoms with E-state index in [2.05, 4.69) is 10.4 Å². The first kappa shape index (κ1) is 14.7. The number of imidazole rings is 1. The van der Waals surface area contributed by atoms with Crippen LogP contribution in [0.4, 0.5) is 5.82 Å². The van der Waals surface area contributed by atoms with Gasteiger partial charge in [-0.05, 0) is 6.42 Å². The van der Waals surface area contributed by atoms with E-state index in [1.54, 1.807) is 16.0 Å². The molecule has 0 aromatic carbocycles. The second-order valence-corrected chi connectivity index (χ2v) is 7.40. The smallest absolute Gasteiger partial charge is 0.263 e. The molecule has 1 saturated heterocycles. The first-order chi connectivity index (χ1) is 10.1. The van der Waals surface area contributed by atoms with Crippen LogP contribution in [0.15, 0.2) is 16.6 Å². The fourth-order valence-corrected chi connectivity index (χ4v) is 5.15. The van der Waals surface area contributed by atoms with Crippen LogP contribution in [-0.4, -0.2) is 47.9 Å². The van der Waals surface area contributed by atoms with Gasteiger partial charge in [-0.25, -0.2) is 14.3 Å². The molecule has 1 aliphatic heterocycles. The number of rotatable bonds is 4. The van der Waals surface area contributed by atoms with Crippen molar-refractivity contribution in [2.24, 2.45) is 5.84 Å². The fourth-order valence-electron chi connectivity index (χ4n) is 2.49. The Balaban J connectivity index is 2.12. The molecule has 3 rings (SSSR count). The zero-order chi connectivity index (χ0) is 15.0. The van der Waals surface area contributed by atoms with Gasteiger partial charge in [0, 0.05) is 24.2 Å². The maximum atomic E-state index is 13.0. The number of hydrogen-bond acceptors (Lipinski definition) is 7. The van der Waals surface area contributed by atoms with Crippen LogP contribution < -0.4 is 11.3 Å². The van der Waals surface area contributed by atoms with E-state index < -0.39 is 10.0 Å². The Morgan fingerprint density at radius 2 is 2.43 bits per heavy atom. The van der Waals surface area contributed by atoms with Crippen LogP contribution in [0.3, 0.4) is 0 Å². The molecule has 3 heterocycles. The van der Waals surface area contributed by atoms with Crippen LogP contribution >= 0.6 is 11.3 Å². The number of hydrogen-bond donors (Lipinski definition) is 2. The lowest BCUT2D eigenvalue weighted by molar-refractivity contribution is 0.0313. The van der Waals surface area contributed by atoms with Crippen molar-refractivity contribution >= 4 is 32.1 Å². The van der Waals surface area contributed by atoms with Crippen LogP contribution in [-0.2, 0) is 14.8 Å². The summed E-state index contributed by atoms with van der Waals surface area (Å²) in [4.78, 5) is 4.80. The van der Waals surface area contributed by atoms with Crippen LogP contribution in [0.5, 0.6) is 0 Å². The molecule has 21 heavy (non-hydrogen) atoms. The number of nitrogens with zero attached hydrogens (tertiary/aromatic N) is 3. The SMILES string of the molecule is CCC1COCCN1S(=O)(=O)c1c(NN)nc2sccn12. The van der Waals surface area contributed by atoms with Crippen molar-refractivity contribution in [3.8, 4) is 0 Å². The summed E-state index contributed by atoms with van der Waals surface area (Å²) in [6.45, 7) is 3.09. The van der Waals surface area contributed by atoms with Gasteiger partial charge in [-0.15, -0.1) is 11.3 Å². The van der Waals surface area contributed by atoms with Gasteiger partial charge in [-0.3, -0.25) is 4.40 Å². The standard InChI is InChI=1S/C11H17N5O3S2/c1-2-8-7-19-5-3-16(8)21(17,18)10-9(14-12)13-11-15(10)4-6-20-11/h4,6,8,14H,2-3,5,7,12H2,1H3. The Hall–Kier alpha value is -1.20. The number of ether oxygens (including phenoxy) is 1. The first-order valence-electron chi connectivity index (χ1n) is 6.61. The molecule has 2 aromatic rings. The van der Waals surface area contributed by atoms with Crippen LogP contribution in [0.25, 0.3) is 4.96 Å². The summed E-state index contributed by atoms with van der Waals surface area (Å²) < 4.78 is 34.5. The number of hydrazine groups is 1. The third kappa shape index (κ3) is 2.32. The van der Waals surface area contributed by atoms with Gasteiger partial charge in [0.25, 0.3) is 10.0 Å². The summed E-state index contributed by atoms with van der Waals surface area (Å²) in [5.41, 5.74) is 2.39. The van der Waals surface area contributed by atoms with Crippen molar-refractivity contribution in [2.75, 3.05) is 25.2 Å². The van der Waals surface area contributed by atoms with Crippen LogP contribution in [0, 0.1) is 0 Å². The summed E-state index contributed by atoms with van der Waals surface area (Å²) in [5.74, 6) is 5.61. The van der Waals surface area contributed by atoms with Crippen LogP contribution in [0.2, 0.25) is 0 Å². The molecule has 10 heteroatoms. The van der Waals surface area contributed by atoms with E-state index in [4.69, 9.17) is 10.6 Å². The number of fused-ring (bicyclic) bond motifs is 1. The molecule has 0 spiro atoms. The van der Waals surface area contributed by atoms with Crippen molar-refractivity contribution in [2.45, 2.75) is 24.4 Å². The molecule has 0 amide bonds. The van der Waals surface area contributed by atoms with E-state index in [0.717, 1.165) is 0 Å². The van der Waals surface area contributed by atoms with E-state index in [1.807, 2.05) is 6.92 Å². The highest BCUT2D eigenvalue weighted by molar-refractivity contribution is 7.89. The number of nitrogens with one attached hydrogen (secondary N) is 1. The molecular formula is C11H17N5O3S2. The van der Waals surface area contributed by atoms with Crippen molar-refractivity contribution < 1.29 is 13.2 Å². The summed E-state index contributed by atoms with van der Waals surface area (Å²) in [6, 6.07) is -0.168. The van der Waals surface area contributed by atoms with E-state index in [9.17, 15) is 8.42 Å². The molecule has 1 fully saturated rings. The van der Waals surface area contributed by atoms with Crippen molar-refractivity contribution in [1.29, 1.82) is 0 Å². The maximum absolute atomic E-state index is 13.0. The average Bonchev–Trinajstić information content (AvgIpc) is 3.06. The quantitative estimate of drug-likeness (QED) is 0.624. The molecule has 0 bridgehead atoms. The largest absolute Gasteiger partial charge is 0.378 e. The highest BCUT2D eigenvalue weighted by Gasteiger charge is 2.37. The summed E-state index contributed by atoms with van der Waals surface area (Å²) in [5, 5.41) is 1.87. The molecule has 1 unspecified atom stereocenters. The fraction of sp³-hybridized carbons (Fsp3) is 0.545. The van der Waals surface area contributed by atoms with Gasteiger partial charge in [0.2, 0.25) is 5.03 Å². The third-order valence-corrected chi connectivity index (χ3v) is 6.29. The monoisotopic (exact) mass is 331 g/mol. The Kier molecular flexibility index (Phi) is 3.88. The minimum absolute atomic E-state index is 0.0848. The molecule has 3 N–H and O–H groups in total. The van der Waals surface area contributed by atoms with Gasteiger partial charge in [0.15, 0.2) is 10.8 Å². The molecule has 0 aliphatic carbocycles. The summed E-state index contributed by atoms with van der Waals surface area (Å²) >= 11 is 1.36. The number of anilines is 1. The molecule has 1 aliphatic rings. The predicted octanol–water partition coefficient (Wildman–Crippen LogP) is 0.481. The molecule has 8 nitrogen and oxygen atoms in total. The van der Waals surface area contributed by atoms with Crippen molar-refractivity contribution in [3.63, 3.8) is 0 Å². The maximum Gasteiger partial charge on any atom is 0.263 e. The predicted molar refractivity (Wildman–Crippen MR) is 79.7 cm³/mol. The highest BCUT2D eigenvalue weighted by Crippen LogP contribution is 2.29. The minimum Gasteiger partial charge on any atom is -0.378 e. The zero-order valence-corrected chi connectivity index (χ0v) is 13.2. The molecule has 116 valence electrons. The molecule has 2 aromatic heterocycles. The average molecular weight is 331 g/mol. The Morgan fingerprint density at radius 3 is 3.14 bits per heavy atom. The normalized spacial score (nSPS) is 21.0. The van der Waals surface area contributed by atoms with Gasteiger partial charge in [0.1, 0.15) is 0 Å². The summed E-state index contributed by atoms with van der Waals surface area (Å²) in [6.07, 6.45) is 2.37. The van der Waals surface area contributed by atoms with Gasteiger partial charge >= 0.3 is 0 Å². The third-order valence-electron chi connectivity index (χ3n) is 3.55. The second-order valence-electron chi connectivity index (χ2n) is 4.72. The number of aromatic nitrogens is 2. The van der Waals surface area contributed by atoms with E-state index >= 15 is 0 Å². The Bertz CT molecular complexity index is 738. The van der Waals surface area contributed by atoms with Gasteiger partial charge in [-0.1, -0.05) is 6.92 Å². The Labute approximate surface area is 126 Å². The van der Waals surface area contributed by atoms with Crippen LogP contribution in [0.1, 0.15) is 13.3 Å². The molecular weight excluding hydrogens is 314 g/mol. The molecule has 1 atom stereocenters. The van der Waals surface area contributed by atoms with Crippen molar-refractivity contribution in [3.05, 3.63) is 11.6 Å². The first-order valence-corrected chi connectivity index (χ1v) is 8.93. The van der Waals surface area contributed by atoms with E-state index in [1.165, 1.54) is 15.6 Å². The van der Waals surface area contributed by atoms with E-state index in [0.29, 0.717) is 31.1 Å². The topological polar surface area (TPSA) is 102 Å². The van der Waals surface area contributed by atoms with Crippen molar-refractivity contribution in [1.82, 2.24) is 13.7 Å². The Morgan fingerprint density at radius 1 is 1.62 bits per heavy atom. The lowest BCUT2D eigenvalue weighted by Gasteiger charge is -2.33.